The van der Waals surface area contributed by atoms with Gasteiger partial charge in [-0.3, -0.25) is 19.6 Å². The molecule has 0 aliphatic rings. The van der Waals surface area contributed by atoms with Gasteiger partial charge in [0.2, 0.25) is 0 Å². The predicted octanol–water partition coefficient (Wildman–Crippen LogP) is 8.72. The summed E-state index contributed by atoms with van der Waals surface area (Å²) in [7, 11) is 0. The number of carbonyl (C=O) groups is 2. The molecule has 4 aromatic rings. The van der Waals surface area contributed by atoms with Gasteiger partial charge in [-0.05, 0) is 97.0 Å². The van der Waals surface area contributed by atoms with Crippen molar-refractivity contribution in [2.24, 2.45) is 15.9 Å². The van der Waals surface area contributed by atoms with Gasteiger partial charge < -0.3 is 9.47 Å². The van der Waals surface area contributed by atoms with E-state index in [0.717, 1.165) is 45.1 Å². The second kappa shape index (κ2) is 17.5. The van der Waals surface area contributed by atoms with Crippen molar-refractivity contribution in [2.45, 2.75) is 52.9 Å². The van der Waals surface area contributed by atoms with Crippen molar-refractivity contribution in [1.29, 1.82) is 0 Å². The lowest BCUT2D eigenvalue weighted by molar-refractivity contribution is -0.121. The molecular formula is C39H42N2O4. The molecule has 6 heteroatoms. The van der Waals surface area contributed by atoms with Gasteiger partial charge in [-0.15, -0.1) is 0 Å². The van der Waals surface area contributed by atoms with Gasteiger partial charge in [-0.25, -0.2) is 0 Å². The Balaban J connectivity index is 1.15. The molecule has 45 heavy (non-hydrogen) atoms. The molecule has 0 aliphatic carbocycles. The van der Waals surface area contributed by atoms with Crippen LogP contribution in [0.5, 0.6) is 11.5 Å². The molecule has 0 N–H and O–H groups in total. The average Bonchev–Trinajstić information content (AvgIpc) is 3.05. The average molecular weight is 603 g/mol. The first-order valence-corrected chi connectivity index (χ1v) is 15.6. The molecule has 6 nitrogen and oxygen atoms in total. The second-order valence-corrected chi connectivity index (χ2v) is 11.1. The molecule has 0 bridgehead atoms. The second-order valence-electron chi connectivity index (χ2n) is 11.1. The summed E-state index contributed by atoms with van der Waals surface area (Å²) in [5.74, 6) is 2.19. The maximum absolute atomic E-state index is 12.7. The highest BCUT2D eigenvalue weighted by atomic mass is 16.5. The summed E-state index contributed by atoms with van der Waals surface area (Å²) < 4.78 is 10.9. The topological polar surface area (TPSA) is 77.3 Å². The Hall–Kier alpha value is -4.84. The van der Waals surface area contributed by atoms with Crippen LogP contribution in [-0.4, -0.2) is 37.2 Å². The summed E-state index contributed by atoms with van der Waals surface area (Å²) in [4.78, 5) is 34.4. The van der Waals surface area contributed by atoms with E-state index in [9.17, 15) is 9.59 Å². The largest absolute Gasteiger partial charge is 0.494 e. The monoisotopic (exact) mass is 602 g/mol. The van der Waals surface area contributed by atoms with Crippen LogP contribution in [0.2, 0.25) is 0 Å². The van der Waals surface area contributed by atoms with Crippen molar-refractivity contribution in [3.8, 4) is 11.5 Å². The van der Waals surface area contributed by atoms with E-state index in [0.29, 0.717) is 45.3 Å². The van der Waals surface area contributed by atoms with Gasteiger partial charge in [0.25, 0.3) is 0 Å². The number of ether oxygens (including phenoxy) is 2. The van der Waals surface area contributed by atoms with Gasteiger partial charge in [0.1, 0.15) is 23.1 Å². The van der Waals surface area contributed by atoms with E-state index in [1.807, 2.05) is 130 Å². The zero-order valence-electron chi connectivity index (χ0n) is 26.4. The van der Waals surface area contributed by atoms with Crippen molar-refractivity contribution >= 4 is 35.4 Å². The van der Waals surface area contributed by atoms with E-state index in [1.165, 1.54) is 0 Å². The molecule has 4 aromatic carbocycles. The molecule has 0 radical (unpaired) electrons. The highest BCUT2D eigenvalue weighted by Crippen LogP contribution is 2.20. The molecule has 0 saturated carbocycles. The number of nitrogens with zero attached hydrogens (tertiary/aromatic N) is 2. The number of Topliss-reactive ketones (excluding diaryl/α,β-unsaturated/α-hetero) is 2. The smallest absolute Gasteiger partial charge is 0.137 e. The fraction of sp³-hybridized carbons (Fsp3) is 0.282. The molecule has 0 unspecified atom stereocenters. The summed E-state index contributed by atoms with van der Waals surface area (Å²) in [6.07, 6.45) is 6.06. The maximum Gasteiger partial charge on any atom is 0.137 e. The van der Waals surface area contributed by atoms with Crippen molar-refractivity contribution in [3.05, 3.63) is 119 Å². The van der Waals surface area contributed by atoms with Gasteiger partial charge in [-0.2, -0.15) is 0 Å². The minimum Gasteiger partial charge on any atom is -0.494 e. The zero-order chi connectivity index (χ0) is 31.9. The third-order valence-corrected chi connectivity index (χ3v) is 7.27. The molecule has 4 rings (SSSR count). The van der Waals surface area contributed by atoms with Gasteiger partial charge in [0.05, 0.1) is 24.6 Å². The van der Waals surface area contributed by atoms with Gasteiger partial charge >= 0.3 is 0 Å². The molecule has 232 valence electrons. The van der Waals surface area contributed by atoms with Gasteiger partial charge in [-0.1, -0.05) is 55.5 Å². The van der Waals surface area contributed by atoms with E-state index in [1.54, 1.807) is 0 Å². The van der Waals surface area contributed by atoms with E-state index in [2.05, 4.69) is 9.98 Å². The quantitative estimate of drug-likeness (QED) is 0.113. The normalized spacial score (nSPS) is 12.0. The Labute approximate surface area is 266 Å². The fourth-order valence-corrected chi connectivity index (χ4v) is 4.85. The number of benzene rings is 4. The van der Waals surface area contributed by atoms with E-state index >= 15 is 0 Å². The highest BCUT2D eigenvalue weighted by Gasteiger charge is 2.13. The predicted molar refractivity (Wildman–Crippen MR) is 183 cm³/mol. The van der Waals surface area contributed by atoms with Gasteiger partial charge in [0, 0.05) is 38.1 Å². The molecule has 0 aliphatic heterocycles. The van der Waals surface area contributed by atoms with Crippen LogP contribution in [0.1, 0.15) is 62.3 Å². The summed E-state index contributed by atoms with van der Waals surface area (Å²) in [6, 6.07) is 31.1. The molecular weight excluding hydrogens is 560 g/mol. The van der Waals surface area contributed by atoms with E-state index in [4.69, 9.17) is 9.47 Å². The third kappa shape index (κ3) is 11.6. The minimum absolute atomic E-state index is 0.156. The summed E-state index contributed by atoms with van der Waals surface area (Å²) in [5, 5.41) is 0. The molecule has 0 aromatic heterocycles. The standard InChI is InChI=1S/C39H42N2O4/c1-4-44-38-20-15-34(16-21-38)40-27-32-11-7-30(8-12-32)25-36(42)19-6-29(3)24-37(43)26-31-9-13-33(14-10-31)28-41-35-17-22-39(23-18-35)45-5-2/h7-18,20-23,27-29H,4-6,19,24-26H2,1-3H3/t29-/m0/s1. The third-order valence-electron chi connectivity index (χ3n) is 7.27. The molecule has 0 fully saturated rings. The SMILES string of the molecule is CCOc1ccc(N=Cc2ccc(CC(=O)CC[C@H](C)CC(=O)Cc3ccc(C=Nc4ccc(OCC)cc4)cc3)cc2)cc1. The Kier molecular flexibility index (Phi) is 12.8. The molecule has 0 saturated heterocycles. The Bertz CT molecular complexity index is 1560. The maximum atomic E-state index is 12.7. The summed E-state index contributed by atoms with van der Waals surface area (Å²) >= 11 is 0. The first-order chi connectivity index (χ1) is 21.9. The zero-order valence-corrected chi connectivity index (χ0v) is 26.4. The van der Waals surface area contributed by atoms with Crippen molar-refractivity contribution < 1.29 is 19.1 Å². The first-order valence-electron chi connectivity index (χ1n) is 15.6. The number of ketones is 2. The lowest BCUT2D eigenvalue weighted by Crippen LogP contribution is -2.11. The van der Waals surface area contributed by atoms with E-state index in [-0.39, 0.29) is 17.5 Å². The van der Waals surface area contributed by atoms with Crippen LogP contribution in [0.3, 0.4) is 0 Å². The van der Waals surface area contributed by atoms with Crippen molar-refractivity contribution in [3.63, 3.8) is 0 Å². The number of hydrogen-bond acceptors (Lipinski definition) is 6. The number of rotatable bonds is 17. The fourth-order valence-electron chi connectivity index (χ4n) is 4.85. The van der Waals surface area contributed by atoms with Crippen molar-refractivity contribution in [2.75, 3.05) is 13.2 Å². The van der Waals surface area contributed by atoms with Gasteiger partial charge in [0.15, 0.2) is 0 Å². The van der Waals surface area contributed by atoms with Crippen LogP contribution in [0.25, 0.3) is 0 Å². The van der Waals surface area contributed by atoms with E-state index < -0.39 is 0 Å². The van der Waals surface area contributed by atoms with Crippen LogP contribution in [0, 0.1) is 5.92 Å². The summed E-state index contributed by atoms with van der Waals surface area (Å²) in [5.41, 5.74) is 5.61. The first kappa shape index (κ1) is 33.1. The van der Waals surface area contributed by atoms with Crippen LogP contribution in [0.4, 0.5) is 11.4 Å². The van der Waals surface area contributed by atoms with Crippen LogP contribution >= 0.6 is 0 Å². The highest BCUT2D eigenvalue weighted by molar-refractivity contribution is 5.85. The molecule has 0 spiro atoms. The lowest BCUT2D eigenvalue weighted by Gasteiger charge is -2.10. The number of aliphatic imine (C=N–C) groups is 2. The lowest BCUT2D eigenvalue weighted by atomic mass is 9.94. The summed E-state index contributed by atoms with van der Waals surface area (Å²) in [6.45, 7) is 7.23. The molecule has 1 atom stereocenters. The Morgan fingerprint density at radius 3 is 1.47 bits per heavy atom. The molecule has 0 heterocycles. The van der Waals surface area contributed by atoms with Crippen LogP contribution < -0.4 is 9.47 Å². The minimum atomic E-state index is 0.156. The number of carbonyl (C=O) groups excluding carboxylic acids is 2. The Morgan fingerprint density at radius 1 is 0.622 bits per heavy atom. The van der Waals surface area contributed by atoms with Crippen molar-refractivity contribution in [1.82, 2.24) is 0 Å². The van der Waals surface area contributed by atoms with Crippen LogP contribution in [0.15, 0.2) is 107 Å². The number of hydrogen-bond donors (Lipinski definition) is 0. The Morgan fingerprint density at radius 2 is 1.04 bits per heavy atom. The molecule has 0 amide bonds. The van der Waals surface area contributed by atoms with Crippen LogP contribution in [-0.2, 0) is 22.4 Å².